The summed E-state index contributed by atoms with van der Waals surface area (Å²) in [6.45, 7) is 2.27. The van der Waals surface area contributed by atoms with Gasteiger partial charge in [0.25, 0.3) is 0 Å². The molecule has 1 aliphatic rings. The van der Waals surface area contributed by atoms with Crippen LogP contribution in [-0.2, 0) is 4.74 Å². The van der Waals surface area contributed by atoms with E-state index in [1.54, 1.807) is 42.5 Å². The zero-order valence-electron chi connectivity index (χ0n) is 17.8. The van der Waals surface area contributed by atoms with Gasteiger partial charge in [-0.1, -0.05) is 48.5 Å². The first-order valence-electron chi connectivity index (χ1n) is 10.2. The van der Waals surface area contributed by atoms with Crippen LogP contribution >= 0.6 is 0 Å². The van der Waals surface area contributed by atoms with Crippen LogP contribution in [-0.4, -0.2) is 25.5 Å². The van der Waals surface area contributed by atoms with Gasteiger partial charge in [0.15, 0.2) is 5.76 Å². The number of allylic oxidation sites excluding steroid dienone is 1. The minimum atomic E-state index is -0.411. The first kappa shape index (κ1) is 21.1. The first-order chi connectivity index (χ1) is 15.6. The van der Waals surface area contributed by atoms with Crippen molar-refractivity contribution in [3.8, 4) is 11.5 Å². The van der Waals surface area contributed by atoms with E-state index >= 15 is 0 Å². The average Bonchev–Trinajstić information content (AvgIpc) is 3.14. The fourth-order valence-electron chi connectivity index (χ4n) is 3.40. The van der Waals surface area contributed by atoms with E-state index in [9.17, 15) is 9.59 Å². The second-order valence-corrected chi connectivity index (χ2v) is 7.24. The summed E-state index contributed by atoms with van der Waals surface area (Å²) in [5, 5.41) is 0. The van der Waals surface area contributed by atoms with E-state index in [1.807, 2.05) is 49.4 Å². The maximum Gasteiger partial charge on any atom is 0.337 e. The zero-order chi connectivity index (χ0) is 22.5. The summed E-state index contributed by atoms with van der Waals surface area (Å²) in [6.07, 6.45) is 5.60. The normalized spacial score (nSPS) is 13.8. The summed E-state index contributed by atoms with van der Waals surface area (Å²) >= 11 is 0. The number of hydrogen-bond acceptors (Lipinski definition) is 5. The molecule has 0 unspecified atom stereocenters. The Labute approximate surface area is 186 Å². The molecular formula is C27H22O5. The predicted molar refractivity (Wildman–Crippen MR) is 123 cm³/mol. The molecule has 0 spiro atoms. The number of carbonyl (C=O) groups is 2. The Kier molecular flexibility index (Phi) is 6.17. The lowest BCUT2D eigenvalue weighted by Crippen LogP contribution is -2.01. The van der Waals surface area contributed by atoms with Crippen molar-refractivity contribution in [2.24, 2.45) is 0 Å². The molecule has 4 rings (SSSR count). The van der Waals surface area contributed by atoms with Crippen LogP contribution in [0.3, 0.4) is 0 Å². The van der Waals surface area contributed by atoms with E-state index in [0.717, 1.165) is 16.7 Å². The molecule has 0 saturated carbocycles. The van der Waals surface area contributed by atoms with Gasteiger partial charge in [-0.3, -0.25) is 4.79 Å². The lowest BCUT2D eigenvalue weighted by Gasteiger charge is -2.10. The van der Waals surface area contributed by atoms with E-state index in [1.165, 1.54) is 7.11 Å². The zero-order valence-corrected chi connectivity index (χ0v) is 17.8. The van der Waals surface area contributed by atoms with Gasteiger partial charge in [0.1, 0.15) is 18.1 Å². The number of carbonyl (C=O) groups excluding carboxylic acids is 2. The topological polar surface area (TPSA) is 61.8 Å². The highest BCUT2D eigenvalue weighted by Gasteiger charge is 2.30. The Bertz CT molecular complexity index is 1200. The molecule has 0 saturated heterocycles. The van der Waals surface area contributed by atoms with Crippen LogP contribution in [0.4, 0.5) is 0 Å². The van der Waals surface area contributed by atoms with Crippen LogP contribution in [0.25, 0.3) is 12.2 Å². The van der Waals surface area contributed by atoms with Crippen molar-refractivity contribution in [1.29, 1.82) is 0 Å². The summed E-state index contributed by atoms with van der Waals surface area (Å²) in [7, 11) is 1.33. The Morgan fingerprint density at radius 2 is 1.72 bits per heavy atom. The summed E-state index contributed by atoms with van der Waals surface area (Å²) in [5.41, 5.74) is 3.56. The van der Waals surface area contributed by atoms with Gasteiger partial charge in [-0.2, -0.15) is 0 Å². The maximum atomic E-state index is 12.8. The molecule has 0 atom stereocenters. The average molecular weight is 426 g/mol. The number of Topliss-reactive ketones (excluding diaryl/α,β-unsaturated/α-hetero) is 1. The monoisotopic (exact) mass is 426 g/mol. The van der Waals surface area contributed by atoms with Crippen LogP contribution in [0.2, 0.25) is 0 Å². The highest BCUT2D eigenvalue weighted by atomic mass is 16.5. The fourth-order valence-corrected chi connectivity index (χ4v) is 3.40. The SMILES string of the molecule is COC(=O)c1ccc(/C=C2\Oc3c(ccc(OC/C=C/c4ccccc4)c3C)C2=O)cc1. The van der Waals surface area contributed by atoms with Crippen molar-refractivity contribution in [2.45, 2.75) is 6.92 Å². The van der Waals surface area contributed by atoms with E-state index in [-0.39, 0.29) is 11.5 Å². The van der Waals surface area contributed by atoms with Crippen LogP contribution in [0.1, 0.15) is 37.4 Å². The van der Waals surface area contributed by atoms with Gasteiger partial charge < -0.3 is 14.2 Å². The molecule has 0 aromatic heterocycles. The van der Waals surface area contributed by atoms with E-state index in [4.69, 9.17) is 14.2 Å². The molecule has 0 N–H and O–H groups in total. The summed E-state index contributed by atoms with van der Waals surface area (Å²) in [6, 6.07) is 20.3. The Balaban J connectivity index is 1.47. The molecule has 0 fully saturated rings. The number of fused-ring (bicyclic) bond motifs is 1. The van der Waals surface area contributed by atoms with Gasteiger partial charge in [-0.05, 0) is 54.5 Å². The maximum absolute atomic E-state index is 12.8. The van der Waals surface area contributed by atoms with Crippen molar-refractivity contribution in [1.82, 2.24) is 0 Å². The third kappa shape index (κ3) is 4.47. The van der Waals surface area contributed by atoms with Gasteiger partial charge in [-0.25, -0.2) is 4.79 Å². The van der Waals surface area contributed by atoms with Gasteiger partial charge >= 0.3 is 5.97 Å². The minimum absolute atomic E-state index is 0.185. The van der Waals surface area contributed by atoms with Crippen molar-refractivity contribution in [2.75, 3.05) is 13.7 Å². The largest absolute Gasteiger partial charge is 0.489 e. The number of esters is 1. The van der Waals surface area contributed by atoms with E-state index in [2.05, 4.69) is 0 Å². The van der Waals surface area contributed by atoms with Crippen LogP contribution in [0, 0.1) is 6.92 Å². The first-order valence-corrected chi connectivity index (χ1v) is 10.2. The number of benzene rings is 3. The van der Waals surface area contributed by atoms with Crippen molar-refractivity contribution >= 4 is 23.9 Å². The molecule has 1 aliphatic heterocycles. The van der Waals surface area contributed by atoms with Crippen molar-refractivity contribution in [3.63, 3.8) is 0 Å². The number of methoxy groups -OCH3 is 1. The molecule has 0 aliphatic carbocycles. The number of ketones is 1. The van der Waals surface area contributed by atoms with Gasteiger partial charge in [-0.15, -0.1) is 0 Å². The van der Waals surface area contributed by atoms with Crippen molar-refractivity contribution < 1.29 is 23.8 Å². The molecule has 32 heavy (non-hydrogen) atoms. The predicted octanol–water partition coefficient (Wildman–Crippen LogP) is 5.49. The fraction of sp³-hybridized carbons (Fsp3) is 0.111. The molecule has 160 valence electrons. The van der Waals surface area contributed by atoms with Crippen LogP contribution < -0.4 is 9.47 Å². The molecule has 3 aromatic rings. The number of ether oxygens (including phenoxy) is 3. The van der Waals surface area contributed by atoms with E-state index in [0.29, 0.717) is 29.2 Å². The second-order valence-electron chi connectivity index (χ2n) is 7.24. The molecule has 5 nitrogen and oxygen atoms in total. The molecule has 0 radical (unpaired) electrons. The quantitative estimate of drug-likeness (QED) is 0.385. The molecule has 0 amide bonds. The van der Waals surface area contributed by atoms with Gasteiger partial charge in [0.2, 0.25) is 5.78 Å². The second kappa shape index (κ2) is 9.35. The molecule has 5 heteroatoms. The molecule has 0 bridgehead atoms. The number of hydrogen-bond donors (Lipinski definition) is 0. The Hall–Kier alpha value is -4.12. The molecular weight excluding hydrogens is 404 g/mol. The van der Waals surface area contributed by atoms with Crippen LogP contribution in [0.5, 0.6) is 11.5 Å². The molecule has 3 aromatic carbocycles. The third-order valence-electron chi connectivity index (χ3n) is 5.11. The van der Waals surface area contributed by atoms with Gasteiger partial charge in [0, 0.05) is 5.56 Å². The Morgan fingerprint density at radius 1 is 0.969 bits per heavy atom. The summed E-state index contributed by atoms with van der Waals surface area (Å²) in [5.74, 6) is 0.812. The summed E-state index contributed by atoms with van der Waals surface area (Å²) in [4.78, 5) is 24.4. The lowest BCUT2D eigenvalue weighted by atomic mass is 10.1. The minimum Gasteiger partial charge on any atom is -0.489 e. The Morgan fingerprint density at radius 3 is 2.44 bits per heavy atom. The lowest BCUT2D eigenvalue weighted by molar-refractivity contribution is 0.0600. The molecule has 1 heterocycles. The third-order valence-corrected chi connectivity index (χ3v) is 5.11. The number of rotatable bonds is 6. The highest BCUT2D eigenvalue weighted by Crippen LogP contribution is 2.39. The standard InChI is InChI=1S/C27H22O5/c1-18-23(31-16-6-9-19-7-4-3-5-8-19)15-14-22-25(28)24(32-26(18)22)17-20-10-12-21(13-11-20)27(29)30-2/h3-15,17H,16H2,1-2H3/b9-6+,24-17-. The smallest absolute Gasteiger partial charge is 0.337 e. The van der Waals surface area contributed by atoms with Crippen LogP contribution in [0.15, 0.2) is 78.6 Å². The van der Waals surface area contributed by atoms with E-state index < -0.39 is 5.97 Å². The van der Waals surface area contributed by atoms with Crippen molar-refractivity contribution in [3.05, 3.63) is 106 Å². The van der Waals surface area contributed by atoms with Gasteiger partial charge in [0.05, 0.1) is 18.2 Å². The highest BCUT2D eigenvalue weighted by molar-refractivity contribution is 6.15. The summed E-state index contributed by atoms with van der Waals surface area (Å²) < 4.78 is 16.5.